The number of fused-ring (bicyclic) bond motifs is 1. The number of nitrogens with two attached hydrogens (primary N) is 1. The number of benzene rings is 1. The van der Waals surface area contributed by atoms with Gasteiger partial charge in [0.05, 0.1) is 6.54 Å². The number of hydrogen-bond acceptors (Lipinski definition) is 2. The summed E-state index contributed by atoms with van der Waals surface area (Å²) in [6, 6.07) is 4.40. The Morgan fingerprint density at radius 3 is 2.69 bits per heavy atom. The van der Waals surface area contributed by atoms with Gasteiger partial charge in [0.25, 0.3) is 0 Å². The van der Waals surface area contributed by atoms with Crippen molar-refractivity contribution in [3.63, 3.8) is 0 Å². The monoisotopic (exact) mass is 215 g/mol. The lowest BCUT2D eigenvalue weighted by Gasteiger charge is -1.99. The van der Waals surface area contributed by atoms with Crippen LogP contribution in [-0.2, 0) is 6.54 Å². The molecule has 1 fully saturated rings. The standard InChI is InChI=1S/C14H17NO/c1-8-5-9(2)14-11(6-8)13(10-3-4-10)12(7-15)16-14/h5-6,10H,3-4,7,15H2,1-2H3. The van der Waals surface area contributed by atoms with Crippen LogP contribution in [0.5, 0.6) is 0 Å². The zero-order chi connectivity index (χ0) is 11.3. The quantitative estimate of drug-likeness (QED) is 0.834. The molecule has 0 unspecified atom stereocenters. The van der Waals surface area contributed by atoms with E-state index in [-0.39, 0.29) is 0 Å². The molecule has 1 saturated carbocycles. The number of hydrogen-bond donors (Lipinski definition) is 1. The van der Waals surface area contributed by atoms with Gasteiger partial charge in [-0.15, -0.1) is 0 Å². The molecule has 1 aliphatic carbocycles. The SMILES string of the molecule is Cc1cc(C)c2oc(CN)c(C3CC3)c2c1. The third-order valence-electron chi connectivity index (χ3n) is 3.41. The molecule has 84 valence electrons. The largest absolute Gasteiger partial charge is 0.459 e. The molecule has 0 amide bonds. The van der Waals surface area contributed by atoms with Gasteiger partial charge in [0, 0.05) is 10.9 Å². The van der Waals surface area contributed by atoms with Gasteiger partial charge in [0.1, 0.15) is 11.3 Å². The van der Waals surface area contributed by atoms with E-state index in [1.54, 1.807) is 0 Å². The lowest BCUT2D eigenvalue weighted by molar-refractivity contribution is 0.544. The minimum Gasteiger partial charge on any atom is -0.459 e. The summed E-state index contributed by atoms with van der Waals surface area (Å²) < 4.78 is 5.91. The normalized spacial score (nSPS) is 15.9. The zero-order valence-electron chi connectivity index (χ0n) is 9.84. The van der Waals surface area contributed by atoms with Crippen LogP contribution in [0.15, 0.2) is 16.5 Å². The van der Waals surface area contributed by atoms with Gasteiger partial charge >= 0.3 is 0 Å². The summed E-state index contributed by atoms with van der Waals surface area (Å²) in [5.41, 5.74) is 10.7. The summed E-state index contributed by atoms with van der Waals surface area (Å²) >= 11 is 0. The maximum atomic E-state index is 5.91. The van der Waals surface area contributed by atoms with E-state index in [1.165, 1.54) is 34.9 Å². The van der Waals surface area contributed by atoms with Crippen molar-refractivity contribution in [3.05, 3.63) is 34.6 Å². The number of aryl methyl sites for hydroxylation is 2. The molecule has 0 atom stereocenters. The Morgan fingerprint density at radius 1 is 1.31 bits per heavy atom. The highest BCUT2D eigenvalue weighted by atomic mass is 16.3. The summed E-state index contributed by atoms with van der Waals surface area (Å²) in [7, 11) is 0. The minimum atomic E-state index is 0.513. The van der Waals surface area contributed by atoms with Crippen LogP contribution >= 0.6 is 0 Å². The van der Waals surface area contributed by atoms with Gasteiger partial charge in [-0.05, 0) is 49.8 Å². The van der Waals surface area contributed by atoms with Gasteiger partial charge in [0.2, 0.25) is 0 Å². The predicted molar refractivity (Wildman–Crippen MR) is 65.6 cm³/mol. The third-order valence-corrected chi connectivity index (χ3v) is 3.41. The summed E-state index contributed by atoms with van der Waals surface area (Å²) in [6.45, 7) is 4.76. The Bertz CT molecular complexity index is 549. The first-order valence-corrected chi connectivity index (χ1v) is 5.93. The van der Waals surface area contributed by atoms with Crippen LogP contribution in [0.25, 0.3) is 11.0 Å². The van der Waals surface area contributed by atoms with E-state index in [2.05, 4.69) is 26.0 Å². The lowest BCUT2D eigenvalue weighted by atomic mass is 10.0. The fourth-order valence-electron chi connectivity index (χ4n) is 2.59. The first kappa shape index (κ1) is 9.91. The molecule has 1 aromatic carbocycles. The molecule has 0 aliphatic heterocycles. The molecule has 2 nitrogen and oxygen atoms in total. The van der Waals surface area contributed by atoms with Crippen molar-refractivity contribution < 1.29 is 4.42 Å². The summed E-state index contributed by atoms with van der Waals surface area (Å²) in [4.78, 5) is 0. The molecular weight excluding hydrogens is 198 g/mol. The van der Waals surface area contributed by atoms with Crippen LogP contribution in [0, 0.1) is 13.8 Å². The smallest absolute Gasteiger partial charge is 0.137 e. The number of furan rings is 1. The van der Waals surface area contributed by atoms with Crippen molar-refractivity contribution in [2.24, 2.45) is 5.73 Å². The molecule has 1 aliphatic rings. The Morgan fingerprint density at radius 2 is 2.06 bits per heavy atom. The van der Waals surface area contributed by atoms with E-state index in [1.807, 2.05) is 0 Å². The maximum Gasteiger partial charge on any atom is 0.137 e. The van der Waals surface area contributed by atoms with Crippen LogP contribution in [0.1, 0.15) is 41.2 Å². The van der Waals surface area contributed by atoms with E-state index in [4.69, 9.17) is 10.2 Å². The second-order valence-corrected chi connectivity index (χ2v) is 4.88. The van der Waals surface area contributed by atoms with E-state index < -0.39 is 0 Å². The summed E-state index contributed by atoms with van der Waals surface area (Å²) in [5.74, 6) is 1.69. The van der Waals surface area contributed by atoms with Crippen LogP contribution in [0.4, 0.5) is 0 Å². The van der Waals surface area contributed by atoms with Crippen molar-refractivity contribution in [2.45, 2.75) is 39.2 Å². The van der Waals surface area contributed by atoms with E-state index in [0.29, 0.717) is 12.5 Å². The van der Waals surface area contributed by atoms with E-state index in [9.17, 15) is 0 Å². The van der Waals surface area contributed by atoms with Gasteiger partial charge in [0.15, 0.2) is 0 Å². The fraction of sp³-hybridized carbons (Fsp3) is 0.429. The Balaban J connectivity index is 2.35. The molecule has 2 N–H and O–H groups in total. The van der Waals surface area contributed by atoms with Gasteiger partial charge in [-0.25, -0.2) is 0 Å². The number of rotatable bonds is 2. The first-order chi connectivity index (χ1) is 7.70. The van der Waals surface area contributed by atoms with E-state index >= 15 is 0 Å². The van der Waals surface area contributed by atoms with Crippen molar-refractivity contribution in [2.75, 3.05) is 0 Å². The molecule has 1 aromatic heterocycles. The minimum absolute atomic E-state index is 0.513. The molecule has 0 saturated heterocycles. The summed E-state index contributed by atoms with van der Waals surface area (Å²) in [5, 5.41) is 1.29. The molecule has 0 bridgehead atoms. The average molecular weight is 215 g/mol. The molecule has 0 spiro atoms. The highest BCUT2D eigenvalue weighted by molar-refractivity contribution is 5.86. The lowest BCUT2D eigenvalue weighted by Crippen LogP contribution is -1.97. The zero-order valence-corrected chi connectivity index (χ0v) is 9.84. The highest BCUT2D eigenvalue weighted by Crippen LogP contribution is 2.46. The Labute approximate surface area is 95.4 Å². The molecular formula is C14H17NO. The first-order valence-electron chi connectivity index (χ1n) is 5.93. The van der Waals surface area contributed by atoms with Gasteiger partial charge < -0.3 is 10.2 Å². The van der Waals surface area contributed by atoms with Crippen molar-refractivity contribution in [1.82, 2.24) is 0 Å². The molecule has 16 heavy (non-hydrogen) atoms. The average Bonchev–Trinajstić information content (AvgIpc) is 3.00. The van der Waals surface area contributed by atoms with Crippen LogP contribution in [0.3, 0.4) is 0 Å². The summed E-state index contributed by atoms with van der Waals surface area (Å²) in [6.07, 6.45) is 2.57. The van der Waals surface area contributed by atoms with Crippen LogP contribution in [0.2, 0.25) is 0 Å². The third kappa shape index (κ3) is 1.37. The molecule has 3 rings (SSSR count). The van der Waals surface area contributed by atoms with E-state index in [0.717, 1.165) is 11.3 Å². The van der Waals surface area contributed by atoms with Crippen LogP contribution in [-0.4, -0.2) is 0 Å². The molecule has 2 heteroatoms. The van der Waals surface area contributed by atoms with Crippen molar-refractivity contribution >= 4 is 11.0 Å². The van der Waals surface area contributed by atoms with Crippen molar-refractivity contribution in [3.8, 4) is 0 Å². The topological polar surface area (TPSA) is 39.2 Å². The second-order valence-electron chi connectivity index (χ2n) is 4.88. The van der Waals surface area contributed by atoms with Crippen molar-refractivity contribution in [1.29, 1.82) is 0 Å². The molecule has 0 radical (unpaired) electrons. The molecule has 2 aromatic rings. The predicted octanol–water partition coefficient (Wildman–Crippen LogP) is 3.39. The molecule has 1 heterocycles. The van der Waals surface area contributed by atoms with Gasteiger partial charge in [-0.3, -0.25) is 0 Å². The maximum absolute atomic E-state index is 5.91. The second kappa shape index (κ2) is 3.36. The van der Waals surface area contributed by atoms with Crippen LogP contribution < -0.4 is 5.73 Å². The Hall–Kier alpha value is -1.28. The Kier molecular flexibility index (Phi) is 2.08. The van der Waals surface area contributed by atoms with Gasteiger partial charge in [-0.1, -0.05) is 6.07 Å². The fourth-order valence-corrected chi connectivity index (χ4v) is 2.59. The van der Waals surface area contributed by atoms with Gasteiger partial charge in [-0.2, -0.15) is 0 Å². The highest BCUT2D eigenvalue weighted by Gasteiger charge is 2.30.